The molecule has 2 aromatic rings. The van der Waals surface area contributed by atoms with Crippen LogP contribution in [0, 0.1) is 0 Å². The van der Waals surface area contributed by atoms with E-state index in [1.807, 2.05) is 0 Å². The molecule has 1 atom stereocenters. The van der Waals surface area contributed by atoms with Gasteiger partial charge in [-0.3, -0.25) is 4.79 Å². The first kappa shape index (κ1) is 23.8. The first-order valence-corrected chi connectivity index (χ1v) is 12.9. The standard InChI is InChI=1S/C23H28ClN3O5S/c24-18-8-9-22(32-17-19-5-4-14-31-19)21(15-18)25-16-23(28)26-10-12-27(13-11-26)33(29,30)20-6-2-1-3-7-20/h1-3,6-9,15,19,25H,4-5,10-14,16-17H2. The highest BCUT2D eigenvalue weighted by atomic mass is 35.5. The Morgan fingerprint density at radius 2 is 1.88 bits per heavy atom. The van der Waals surface area contributed by atoms with Crippen molar-refractivity contribution in [2.45, 2.75) is 23.8 Å². The van der Waals surface area contributed by atoms with Gasteiger partial charge >= 0.3 is 0 Å². The fourth-order valence-corrected chi connectivity index (χ4v) is 5.54. The van der Waals surface area contributed by atoms with Gasteiger partial charge in [-0.05, 0) is 43.2 Å². The molecule has 10 heteroatoms. The number of rotatable bonds is 8. The van der Waals surface area contributed by atoms with Gasteiger partial charge in [-0.2, -0.15) is 4.31 Å². The van der Waals surface area contributed by atoms with E-state index in [9.17, 15) is 13.2 Å². The lowest BCUT2D eigenvalue weighted by Crippen LogP contribution is -2.51. The van der Waals surface area contributed by atoms with Gasteiger partial charge in [0.1, 0.15) is 12.4 Å². The lowest BCUT2D eigenvalue weighted by Gasteiger charge is -2.34. The summed E-state index contributed by atoms with van der Waals surface area (Å²) in [5, 5.41) is 3.66. The monoisotopic (exact) mass is 493 g/mol. The molecule has 178 valence electrons. The quantitative estimate of drug-likeness (QED) is 0.608. The zero-order valence-corrected chi connectivity index (χ0v) is 19.9. The summed E-state index contributed by atoms with van der Waals surface area (Å²) in [6, 6.07) is 13.6. The number of halogens is 1. The summed E-state index contributed by atoms with van der Waals surface area (Å²) in [6.45, 7) is 2.46. The third-order valence-corrected chi connectivity index (χ3v) is 7.94. The van der Waals surface area contributed by atoms with Gasteiger partial charge in [0.2, 0.25) is 15.9 Å². The van der Waals surface area contributed by atoms with E-state index >= 15 is 0 Å². The minimum absolute atomic E-state index is 0.0576. The third kappa shape index (κ3) is 5.97. The van der Waals surface area contributed by atoms with Crippen LogP contribution in [0.15, 0.2) is 53.4 Å². The van der Waals surface area contributed by atoms with Crippen molar-refractivity contribution in [2.24, 2.45) is 0 Å². The van der Waals surface area contributed by atoms with Gasteiger partial charge in [0, 0.05) is 37.8 Å². The highest BCUT2D eigenvalue weighted by molar-refractivity contribution is 7.89. The predicted molar refractivity (Wildman–Crippen MR) is 126 cm³/mol. The summed E-state index contributed by atoms with van der Waals surface area (Å²) in [4.78, 5) is 14.7. The number of hydrogen-bond donors (Lipinski definition) is 1. The molecule has 0 saturated carbocycles. The Kier molecular flexibility index (Phi) is 7.75. The smallest absolute Gasteiger partial charge is 0.243 e. The van der Waals surface area contributed by atoms with Crippen molar-refractivity contribution in [3.05, 3.63) is 53.6 Å². The first-order chi connectivity index (χ1) is 15.9. The summed E-state index contributed by atoms with van der Waals surface area (Å²) in [5.74, 6) is 0.498. The average molecular weight is 494 g/mol. The number of hydrogen-bond acceptors (Lipinski definition) is 6. The van der Waals surface area contributed by atoms with Crippen LogP contribution in [0.3, 0.4) is 0 Å². The van der Waals surface area contributed by atoms with E-state index in [0.717, 1.165) is 19.4 Å². The zero-order chi connectivity index (χ0) is 23.3. The van der Waals surface area contributed by atoms with Crippen molar-refractivity contribution in [1.82, 2.24) is 9.21 Å². The fraction of sp³-hybridized carbons (Fsp3) is 0.435. The Morgan fingerprint density at radius 3 is 2.58 bits per heavy atom. The van der Waals surface area contributed by atoms with Crippen LogP contribution in [0.1, 0.15) is 12.8 Å². The number of carbonyl (C=O) groups excluding carboxylic acids is 1. The van der Waals surface area contributed by atoms with E-state index in [1.165, 1.54) is 4.31 Å². The molecule has 0 bridgehead atoms. The van der Waals surface area contributed by atoms with Crippen LogP contribution in [0.4, 0.5) is 5.69 Å². The topological polar surface area (TPSA) is 88.2 Å². The summed E-state index contributed by atoms with van der Waals surface area (Å²) >= 11 is 6.14. The van der Waals surface area contributed by atoms with Crippen LogP contribution < -0.4 is 10.1 Å². The Balaban J connectivity index is 1.30. The number of ether oxygens (including phenoxy) is 2. The van der Waals surface area contributed by atoms with Gasteiger partial charge in [0.05, 0.1) is 23.2 Å². The molecule has 2 heterocycles. The minimum Gasteiger partial charge on any atom is -0.489 e. The Hall–Kier alpha value is -2.33. The molecule has 33 heavy (non-hydrogen) atoms. The second-order valence-corrected chi connectivity index (χ2v) is 10.4. The van der Waals surface area contributed by atoms with Gasteiger partial charge in [0.15, 0.2) is 0 Å². The molecule has 2 aliphatic heterocycles. The minimum atomic E-state index is -3.55. The fourth-order valence-electron chi connectivity index (χ4n) is 3.93. The Bertz CT molecular complexity index is 1050. The number of carbonyl (C=O) groups is 1. The van der Waals surface area contributed by atoms with E-state index in [4.69, 9.17) is 21.1 Å². The molecule has 2 fully saturated rings. The number of nitrogens with one attached hydrogen (secondary N) is 1. The normalized spacial score (nSPS) is 19.4. The summed E-state index contributed by atoms with van der Waals surface area (Å²) in [7, 11) is -3.55. The maximum Gasteiger partial charge on any atom is 0.243 e. The molecular formula is C23H28ClN3O5S. The van der Waals surface area contributed by atoms with Crippen LogP contribution in [0.25, 0.3) is 0 Å². The molecule has 8 nitrogen and oxygen atoms in total. The van der Waals surface area contributed by atoms with Crippen molar-refractivity contribution in [3.8, 4) is 5.75 Å². The average Bonchev–Trinajstić information content (AvgIpc) is 3.36. The summed E-state index contributed by atoms with van der Waals surface area (Å²) < 4.78 is 38.5. The molecule has 0 radical (unpaired) electrons. The number of amides is 1. The van der Waals surface area contributed by atoms with Crippen molar-refractivity contribution in [1.29, 1.82) is 0 Å². The number of benzene rings is 2. The van der Waals surface area contributed by atoms with E-state index in [0.29, 0.717) is 36.2 Å². The van der Waals surface area contributed by atoms with Gasteiger partial charge in [-0.25, -0.2) is 8.42 Å². The predicted octanol–water partition coefficient (Wildman–Crippen LogP) is 2.84. The maximum absolute atomic E-state index is 12.8. The van der Waals surface area contributed by atoms with Gasteiger partial charge in [0.25, 0.3) is 0 Å². The molecule has 1 unspecified atom stereocenters. The highest BCUT2D eigenvalue weighted by Crippen LogP contribution is 2.29. The lowest BCUT2D eigenvalue weighted by molar-refractivity contribution is -0.130. The number of piperazine rings is 1. The number of anilines is 1. The van der Waals surface area contributed by atoms with Crippen LogP contribution in [0.2, 0.25) is 5.02 Å². The molecule has 4 rings (SSSR count). The second-order valence-electron chi connectivity index (χ2n) is 8.04. The van der Waals surface area contributed by atoms with Crippen LogP contribution in [0.5, 0.6) is 5.75 Å². The van der Waals surface area contributed by atoms with E-state index in [2.05, 4.69) is 5.32 Å². The third-order valence-electron chi connectivity index (χ3n) is 5.79. The van der Waals surface area contributed by atoms with Crippen molar-refractivity contribution in [2.75, 3.05) is 51.3 Å². The van der Waals surface area contributed by atoms with Crippen LogP contribution in [-0.2, 0) is 19.6 Å². The molecule has 0 aliphatic carbocycles. The molecule has 1 amide bonds. The van der Waals surface area contributed by atoms with E-state index in [1.54, 1.807) is 53.4 Å². The number of nitrogens with zero attached hydrogens (tertiary/aromatic N) is 2. The Morgan fingerprint density at radius 1 is 1.12 bits per heavy atom. The van der Waals surface area contributed by atoms with E-state index < -0.39 is 10.0 Å². The highest BCUT2D eigenvalue weighted by Gasteiger charge is 2.30. The second kappa shape index (κ2) is 10.7. The van der Waals surface area contributed by atoms with Crippen LogP contribution >= 0.6 is 11.6 Å². The molecule has 2 saturated heterocycles. The van der Waals surface area contributed by atoms with Gasteiger partial charge in [-0.15, -0.1) is 0 Å². The van der Waals surface area contributed by atoms with Gasteiger partial charge < -0.3 is 19.7 Å². The van der Waals surface area contributed by atoms with Crippen molar-refractivity contribution < 1.29 is 22.7 Å². The lowest BCUT2D eigenvalue weighted by atomic mass is 10.2. The maximum atomic E-state index is 12.8. The molecule has 2 aliphatic rings. The summed E-state index contributed by atoms with van der Waals surface area (Å²) in [6.07, 6.45) is 2.09. The molecule has 0 aromatic heterocycles. The summed E-state index contributed by atoms with van der Waals surface area (Å²) in [5.41, 5.74) is 0.638. The molecular weight excluding hydrogens is 466 g/mol. The largest absolute Gasteiger partial charge is 0.489 e. The molecule has 0 spiro atoms. The molecule has 1 N–H and O–H groups in total. The Labute approximate surface area is 199 Å². The van der Waals surface area contributed by atoms with Crippen molar-refractivity contribution >= 4 is 33.2 Å². The van der Waals surface area contributed by atoms with Gasteiger partial charge in [-0.1, -0.05) is 29.8 Å². The van der Waals surface area contributed by atoms with Crippen molar-refractivity contribution in [3.63, 3.8) is 0 Å². The zero-order valence-electron chi connectivity index (χ0n) is 18.3. The first-order valence-electron chi connectivity index (χ1n) is 11.0. The SMILES string of the molecule is O=C(CNc1cc(Cl)ccc1OCC1CCCO1)N1CCN(S(=O)(=O)c2ccccc2)CC1. The van der Waals surface area contributed by atoms with E-state index in [-0.39, 0.29) is 36.5 Å². The van der Waals surface area contributed by atoms with Crippen LogP contribution in [-0.4, -0.2) is 75.6 Å². The molecule has 2 aromatic carbocycles. The number of sulfonamides is 1.